The summed E-state index contributed by atoms with van der Waals surface area (Å²) in [7, 11) is 0. The lowest BCUT2D eigenvalue weighted by molar-refractivity contribution is -0.0298. The summed E-state index contributed by atoms with van der Waals surface area (Å²) < 4.78 is 7.87. The van der Waals surface area contributed by atoms with E-state index in [4.69, 9.17) is 4.74 Å². The van der Waals surface area contributed by atoms with Gasteiger partial charge in [0.05, 0.1) is 12.0 Å². The zero-order valence-electron chi connectivity index (χ0n) is 11.8. The van der Waals surface area contributed by atoms with Crippen LogP contribution in [0.1, 0.15) is 52.0 Å². The molecule has 5 nitrogen and oxygen atoms in total. The molecule has 2 aromatic heterocycles. The summed E-state index contributed by atoms with van der Waals surface area (Å²) in [5.41, 5.74) is 2.73. The predicted octanol–water partition coefficient (Wildman–Crippen LogP) is 2.82. The first-order valence-electron chi connectivity index (χ1n) is 6.87. The molecule has 1 aliphatic rings. The van der Waals surface area contributed by atoms with Gasteiger partial charge in [0.15, 0.2) is 5.65 Å². The van der Waals surface area contributed by atoms with E-state index in [1.807, 2.05) is 10.9 Å². The minimum Gasteiger partial charge on any atom is -0.358 e. The number of hydrogen-bond acceptors (Lipinski definition) is 4. The number of hydrogen-bond donors (Lipinski definition) is 0. The Bertz CT molecular complexity index is 579. The molecule has 1 fully saturated rings. The molecule has 0 saturated carbocycles. The maximum absolute atomic E-state index is 5.82. The Morgan fingerprint density at radius 3 is 2.74 bits per heavy atom. The number of ether oxygens (including phenoxy) is 1. The van der Waals surface area contributed by atoms with Crippen molar-refractivity contribution in [2.24, 2.45) is 0 Å². The van der Waals surface area contributed by atoms with Gasteiger partial charge in [-0.05, 0) is 19.3 Å². The van der Waals surface area contributed by atoms with Gasteiger partial charge in [-0.15, -0.1) is 0 Å². The van der Waals surface area contributed by atoms with Gasteiger partial charge in [-0.2, -0.15) is 0 Å². The predicted molar refractivity (Wildman–Crippen MR) is 72.9 cm³/mol. The van der Waals surface area contributed by atoms with E-state index in [0.29, 0.717) is 0 Å². The Balaban J connectivity index is 2.08. The highest BCUT2D eigenvalue weighted by atomic mass is 16.5. The van der Waals surface area contributed by atoms with Crippen LogP contribution in [0.4, 0.5) is 0 Å². The van der Waals surface area contributed by atoms with Crippen LogP contribution in [0.3, 0.4) is 0 Å². The Labute approximate surface area is 113 Å². The highest BCUT2D eigenvalue weighted by Crippen LogP contribution is 2.29. The summed E-state index contributed by atoms with van der Waals surface area (Å²) >= 11 is 0. The highest BCUT2D eigenvalue weighted by molar-refractivity contribution is 5.74. The van der Waals surface area contributed by atoms with Crippen LogP contribution in [0.5, 0.6) is 0 Å². The summed E-state index contributed by atoms with van der Waals surface area (Å²) in [6.07, 6.45) is 6.91. The normalized spacial score (nSPS) is 20.9. The first kappa shape index (κ1) is 12.5. The molecule has 0 radical (unpaired) electrons. The monoisotopic (exact) mass is 260 g/mol. The van der Waals surface area contributed by atoms with Crippen LogP contribution < -0.4 is 0 Å². The molecule has 5 heteroatoms. The van der Waals surface area contributed by atoms with Crippen LogP contribution in [-0.2, 0) is 10.2 Å². The van der Waals surface area contributed by atoms with E-state index in [2.05, 4.69) is 35.7 Å². The van der Waals surface area contributed by atoms with E-state index >= 15 is 0 Å². The topological polar surface area (TPSA) is 52.8 Å². The standard InChI is InChI=1S/C14H20N4O/c1-14(2,3)12-11-13(16-8-15-12)18(9-17-11)10-6-4-5-7-19-10/h8-10H,4-7H2,1-3H3. The lowest BCUT2D eigenvalue weighted by atomic mass is 9.91. The van der Waals surface area contributed by atoms with Crippen LogP contribution in [-0.4, -0.2) is 26.1 Å². The second-order valence-corrected chi connectivity index (χ2v) is 6.12. The van der Waals surface area contributed by atoms with Crippen LogP contribution in [0.2, 0.25) is 0 Å². The summed E-state index contributed by atoms with van der Waals surface area (Å²) in [4.78, 5) is 13.3. The molecular weight excluding hydrogens is 240 g/mol. The Morgan fingerprint density at radius 1 is 1.21 bits per heavy atom. The summed E-state index contributed by atoms with van der Waals surface area (Å²) in [5.74, 6) is 0. The molecule has 0 aromatic carbocycles. The summed E-state index contributed by atoms with van der Waals surface area (Å²) in [6, 6.07) is 0. The molecule has 3 heterocycles. The molecule has 0 spiro atoms. The zero-order valence-corrected chi connectivity index (χ0v) is 11.8. The Hall–Kier alpha value is -1.49. The van der Waals surface area contributed by atoms with Crippen molar-refractivity contribution in [3.8, 4) is 0 Å². The van der Waals surface area contributed by atoms with Gasteiger partial charge in [0, 0.05) is 12.0 Å². The van der Waals surface area contributed by atoms with E-state index in [9.17, 15) is 0 Å². The Kier molecular flexibility index (Phi) is 3.01. The van der Waals surface area contributed by atoms with Crippen LogP contribution in [0, 0.1) is 0 Å². The third kappa shape index (κ3) is 2.23. The van der Waals surface area contributed by atoms with E-state index in [1.165, 1.54) is 6.42 Å². The van der Waals surface area contributed by atoms with Crippen molar-refractivity contribution in [1.82, 2.24) is 19.5 Å². The number of aromatic nitrogens is 4. The summed E-state index contributed by atoms with van der Waals surface area (Å²) in [5, 5.41) is 0. The van der Waals surface area contributed by atoms with Gasteiger partial charge in [0.1, 0.15) is 18.1 Å². The number of nitrogens with zero attached hydrogens (tertiary/aromatic N) is 4. The average molecular weight is 260 g/mol. The van der Waals surface area contributed by atoms with Crippen molar-refractivity contribution >= 4 is 11.2 Å². The zero-order chi connectivity index (χ0) is 13.5. The molecule has 102 valence electrons. The van der Waals surface area contributed by atoms with Gasteiger partial charge in [-0.1, -0.05) is 20.8 Å². The second-order valence-electron chi connectivity index (χ2n) is 6.12. The van der Waals surface area contributed by atoms with Crippen molar-refractivity contribution in [3.05, 3.63) is 18.3 Å². The molecule has 1 aliphatic heterocycles. The van der Waals surface area contributed by atoms with Gasteiger partial charge in [-0.3, -0.25) is 4.57 Å². The molecule has 19 heavy (non-hydrogen) atoms. The van der Waals surface area contributed by atoms with E-state index in [-0.39, 0.29) is 11.6 Å². The molecule has 1 saturated heterocycles. The summed E-state index contributed by atoms with van der Waals surface area (Å²) in [6.45, 7) is 7.25. The molecule has 1 atom stereocenters. The minimum atomic E-state index is -0.0339. The van der Waals surface area contributed by atoms with Gasteiger partial charge in [-0.25, -0.2) is 15.0 Å². The second kappa shape index (κ2) is 4.56. The van der Waals surface area contributed by atoms with Gasteiger partial charge >= 0.3 is 0 Å². The van der Waals surface area contributed by atoms with Crippen molar-refractivity contribution in [1.29, 1.82) is 0 Å². The third-order valence-electron chi connectivity index (χ3n) is 3.54. The maximum Gasteiger partial charge on any atom is 0.165 e. The molecule has 2 aromatic rings. The number of rotatable bonds is 1. The molecule has 1 unspecified atom stereocenters. The van der Waals surface area contributed by atoms with Gasteiger partial charge in [0.2, 0.25) is 0 Å². The van der Waals surface area contributed by atoms with E-state index < -0.39 is 0 Å². The fraction of sp³-hybridized carbons (Fsp3) is 0.643. The van der Waals surface area contributed by atoms with E-state index in [0.717, 1.165) is 36.3 Å². The highest BCUT2D eigenvalue weighted by Gasteiger charge is 2.24. The van der Waals surface area contributed by atoms with Crippen molar-refractivity contribution in [3.63, 3.8) is 0 Å². The molecule has 0 N–H and O–H groups in total. The molecule has 0 aliphatic carbocycles. The van der Waals surface area contributed by atoms with Crippen molar-refractivity contribution in [2.45, 2.75) is 51.7 Å². The molecule has 3 rings (SSSR count). The maximum atomic E-state index is 5.82. The van der Waals surface area contributed by atoms with Gasteiger partial charge < -0.3 is 4.74 Å². The molecular formula is C14H20N4O. The lowest BCUT2D eigenvalue weighted by Crippen LogP contribution is -2.18. The average Bonchev–Trinajstić information content (AvgIpc) is 2.82. The third-order valence-corrected chi connectivity index (χ3v) is 3.54. The molecule has 0 bridgehead atoms. The number of imidazole rings is 1. The quantitative estimate of drug-likeness (QED) is 0.791. The lowest BCUT2D eigenvalue weighted by Gasteiger charge is -2.24. The van der Waals surface area contributed by atoms with Crippen LogP contribution >= 0.6 is 0 Å². The van der Waals surface area contributed by atoms with E-state index in [1.54, 1.807) is 6.33 Å². The van der Waals surface area contributed by atoms with Crippen molar-refractivity contribution in [2.75, 3.05) is 6.61 Å². The van der Waals surface area contributed by atoms with Crippen LogP contribution in [0.25, 0.3) is 11.2 Å². The number of fused-ring (bicyclic) bond motifs is 1. The first-order valence-corrected chi connectivity index (χ1v) is 6.87. The fourth-order valence-corrected chi connectivity index (χ4v) is 2.55. The van der Waals surface area contributed by atoms with Crippen molar-refractivity contribution < 1.29 is 4.74 Å². The van der Waals surface area contributed by atoms with Crippen LogP contribution in [0.15, 0.2) is 12.7 Å². The Morgan fingerprint density at radius 2 is 2.05 bits per heavy atom. The first-order chi connectivity index (χ1) is 9.07. The smallest absolute Gasteiger partial charge is 0.165 e. The minimum absolute atomic E-state index is 0.0339. The van der Waals surface area contributed by atoms with Gasteiger partial charge in [0.25, 0.3) is 0 Å². The molecule has 0 amide bonds. The largest absolute Gasteiger partial charge is 0.358 e. The SMILES string of the molecule is CC(C)(C)c1ncnc2c1ncn2C1CCCCO1. The fourth-order valence-electron chi connectivity index (χ4n) is 2.55.